The molecule has 1 aromatic heterocycles. The van der Waals surface area contributed by atoms with Crippen molar-refractivity contribution in [1.82, 2.24) is 0 Å². The van der Waals surface area contributed by atoms with Crippen molar-refractivity contribution < 1.29 is 9.52 Å². The van der Waals surface area contributed by atoms with E-state index in [4.69, 9.17) is 9.52 Å². The minimum atomic E-state index is 0.149. The van der Waals surface area contributed by atoms with E-state index in [0.29, 0.717) is 6.42 Å². The summed E-state index contributed by atoms with van der Waals surface area (Å²) in [7, 11) is 0. The molecule has 0 aliphatic carbocycles. The van der Waals surface area contributed by atoms with Crippen molar-refractivity contribution in [3.05, 3.63) is 48.0 Å². The molecule has 0 atom stereocenters. The summed E-state index contributed by atoms with van der Waals surface area (Å²) in [4.78, 5) is 0. The van der Waals surface area contributed by atoms with Gasteiger partial charge >= 0.3 is 0 Å². The predicted molar refractivity (Wildman–Crippen MR) is 64.5 cm³/mol. The first kappa shape index (κ1) is 9.43. The van der Waals surface area contributed by atoms with Gasteiger partial charge in [0.15, 0.2) is 0 Å². The molecular formula is C14H12O2. The summed E-state index contributed by atoms with van der Waals surface area (Å²) in [5.74, 6) is 0. The lowest BCUT2D eigenvalue weighted by Crippen LogP contribution is -1.90. The zero-order chi connectivity index (χ0) is 11.0. The largest absolute Gasteiger partial charge is 0.456 e. The third-order valence-corrected chi connectivity index (χ3v) is 2.87. The summed E-state index contributed by atoms with van der Waals surface area (Å²) in [6.45, 7) is 0.149. The van der Waals surface area contributed by atoms with Crippen molar-refractivity contribution in [2.75, 3.05) is 6.61 Å². The molecule has 0 saturated heterocycles. The lowest BCUT2D eigenvalue weighted by Gasteiger charge is -1.98. The Labute approximate surface area is 93.1 Å². The summed E-state index contributed by atoms with van der Waals surface area (Å²) in [6.07, 6.45) is 0.636. The van der Waals surface area contributed by atoms with Crippen LogP contribution in [0.4, 0.5) is 0 Å². The van der Waals surface area contributed by atoms with Gasteiger partial charge in [-0.25, -0.2) is 0 Å². The summed E-state index contributed by atoms with van der Waals surface area (Å²) in [6, 6.07) is 14.1. The van der Waals surface area contributed by atoms with Crippen LogP contribution in [0.15, 0.2) is 46.9 Å². The first-order valence-corrected chi connectivity index (χ1v) is 5.40. The Bertz CT molecular complexity index is 637. The molecule has 3 aromatic rings. The molecule has 1 N–H and O–H groups in total. The fourth-order valence-electron chi connectivity index (χ4n) is 2.12. The van der Waals surface area contributed by atoms with Crippen LogP contribution < -0.4 is 0 Å². The van der Waals surface area contributed by atoms with Crippen LogP contribution in [0.3, 0.4) is 0 Å². The summed E-state index contributed by atoms with van der Waals surface area (Å²) in [5, 5.41) is 11.3. The molecule has 0 spiro atoms. The summed E-state index contributed by atoms with van der Waals surface area (Å²) < 4.78 is 5.82. The standard InChI is InChI=1S/C14H12O2/c15-9-8-10-4-3-6-12-11-5-1-2-7-13(11)16-14(10)12/h1-7,15H,8-9H2. The Balaban J connectivity index is 2.39. The van der Waals surface area contributed by atoms with Crippen LogP contribution in [0.25, 0.3) is 21.9 Å². The van der Waals surface area contributed by atoms with Gasteiger partial charge < -0.3 is 9.52 Å². The number of rotatable bonds is 2. The van der Waals surface area contributed by atoms with E-state index in [9.17, 15) is 0 Å². The Kier molecular flexibility index (Phi) is 2.15. The van der Waals surface area contributed by atoms with Crippen LogP contribution in [0.1, 0.15) is 5.56 Å². The van der Waals surface area contributed by atoms with E-state index < -0.39 is 0 Å². The Morgan fingerprint density at radius 2 is 1.75 bits per heavy atom. The Morgan fingerprint density at radius 3 is 2.62 bits per heavy atom. The van der Waals surface area contributed by atoms with Crippen LogP contribution in [0.2, 0.25) is 0 Å². The first-order valence-electron chi connectivity index (χ1n) is 5.40. The van der Waals surface area contributed by atoms with Crippen LogP contribution in [-0.2, 0) is 6.42 Å². The van der Waals surface area contributed by atoms with Crippen molar-refractivity contribution >= 4 is 21.9 Å². The first-order chi connectivity index (χ1) is 7.90. The van der Waals surface area contributed by atoms with E-state index in [-0.39, 0.29) is 6.61 Å². The minimum absolute atomic E-state index is 0.149. The van der Waals surface area contributed by atoms with E-state index in [0.717, 1.165) is 27.5 Å². The normalized spacial score (nSPS) is 11.3. The third-order valence-electron chi connectivity index (χ3n) is 2.87. The van der Waals surface area contributed by atoms with Crippen molar-refractivity contribution in [2.24, 2.45) is 0 Å². The van der Waals surface area contributed by atoms with Crippen LogP contribution in [-0.4, -0.2) is 11.7 Å². The molecule has 0 bridgehead atoms. The molecule has 0 unspecified atom stereocenters. The van der Waals surface area contributed by atoms with E-state index in [1.54, 1.807) is 0 Å². The zero-order valence-electron chi connectivity index (χ0n) is 8.81. The maximum atomic E-state index is 9.01. The molecule has 0 radical (unpaired) electrons. The SMILES string of the molecule is OCCc1cccc2c1oc1ccccc12. The average Bonchev–Trinajstić information content (AvgIpc) is 2.69. The van der Waals surface area contributed by atoms with Crippen LogP contribution in [0.5, 0.6) is 0 Å². The molecule has 0 amide bonds. The molecule has 2 heteroatoms. The summed E-state index contributed by atoms with van der Waals surface area (Å²) in [5.41, 5.74) is 2.87. The van der Waals surface area contributed by atoms with Gasteiger partial charge in [-0.05, 0) is 18.1 Å². The molecule has 2 aromatic carbocycles. The molecule has 2 nitrogen and oxygen atoms in total. The topological polar surface area (TPSA) is 33.4 Å². The number of para-hydroxylation sites is 2. The van der Waals surface area contributed by atoms with Gasteiger partial charge in [0, 0.05) is 17.4 Å². The second kappa shape index (κ2) is 3.65. The molecule has 0 aliphatic heterocycles. The highest BCUT2D eigenvalue weighted by Gasteiger charge is 2.08. The number of hydrogen-bond acceptors (Lipinski definition) is 2. The molecule has 3 rings (SSSR count). The van der Waals surface area contributed by atoms with Crippen LogP contribution in [0, 0.1) is 0 Å². The number of hydrogen-bond donors (Lipinski definition) is 1. The lowest BCUT2D eigenvalue weighted by atomic mass is 10.1. The molecule has 80 valence electrons. The van der Waals surface area contributed by atoms with Crippen molar-refractivity contribution in [2.45, 2.75) is 6.42 Å². The Morgan fingerprint density at radius 1 is 0.938 bits per heavy atom. The predicted octanol–water partition coefficient (Wildman–Crippen LogP) is 3.12. The highest BCUT2D eigenvalue weighted by Crippen LogP contribution is 2.30. The van der Waals surface area contributed by atoms with Crippen LogP contribution >= 0.6 is 0 Å². The third kappa shape index (κ3) is 1.31. The molecule has 0 aliphatic rings. The van der Waals surface area contributed by atoms with Gasteiger partial charge in [0.2, 0.25) is 0 Å². The monoisotopic (exact) mass is 212 g/mol. The van der Waals surface area contributed by atoms with Crippen molar-refractivity contribution in [3.63, 3.8) is 0 Å². The highest BCUT2D eigenvalue weighted by atomic mass is 16.3. The molecule has 0 saturated carbocycles. The lowest BCUT2D eigenvalue weighted by molar-refractivity contribution is 0.299. The molecule has 0 fully saturated rings. The zero-order valence-corrected chi connectivity index (χ0v) is 8.81. The summed E-state index contributed by atoms with van der Waals surface area (Å²) >= 11 is 0. The highest BCUT2D eigenvalue weighted by molar-refractivity contribution is 6.05. The van der Waals surface area contributed by atoms with E-state index in [2.05, 4.69) is 12.1 Å². The van der Waals surface area contributed by atoms with Gasteiger partial charge in [-0.1, -0.05) is 36.4 Å². The maximum Gasteiger partial charge on any atom is 0.138 e. The maximum absolute atomic E-state index is 9.01. The Hall–Kier alpha value is -1.80. The quantitative estimate of drug-likeness (QED) is 0.708. The molecular weight excluding hydrogens is 200 g/mol. The fraction of sp³-hybridized carbons (Fsp3) is 0.143. The van der Waals surface area contributed by atoms with Gasteiger partial charge in [-0.3, -0.25) is 0 Å². The second-order valence-electron chi connectivity index (χ2n) is 3.87. The minimum Gasteiger partial charge on any atom is -0.456 e. The number of fused-ring (bicyclic) bond motifs is 3. The van der Waals surface area contributed by atoms with Gasteiger partial charge in [0.05, 0.1) is 0 Å². The van der Waals surface area contributed by atoms with E-state index in [1.165, 1.54) is 0 Å². The van der Waals surface area contributed by atoms with Gasteiger partial charge in [0.1, 0.15) is 11.2 Å². The number of aliphatic hydroxyl groups is 1. The second-order valence-corrected chi connectivity index (χ2v) is 3.87. The van der Waals surface area contributed by atoms with Crippen molar-refractivity contribution in [1.29, 1.82) is 0 Å². The average molecular weight is 212 g/mol. The van der Waals surface area contributed by atoms with E-state index in [1.807, 2.05) is 30.3 Å². The van der Waals surface area contributed by atoms with Gasteiger partial charge in [-0.15, -0.1) is 0 Å². The van der Waals surface area contributed by atoms with Gasteiger partial charge in [-0.2, -0.15) is 0 Å². The molecule has 1 heterocycles. The van der Waals surface area contributed by atoms with E-state index >= 15 is 0 Å². The number of benzene rings is 2. The number of furan rings is 1. The van der Waals surface area contributed by atoms with Gasteiger partial charge in [0.25, 0.3) is 0 Å². The smallest absolute Gasteiger partial charge is 0.138 e. The molecule has 16 heavy (non-hydrogen) atoms. The number of aliphatic hydroxyl groups excluding tert-OH is 1. The van der Waals surface area contributed by atoms with Crippen molar-refractivity contribution in [3.8, 4) is 0 Å². The fourth-order valence-corrected chi connectivity index (χ4v) is 2.12.